The molecule has 0 bridgehead atoms. The Morgan fingerprint density at radius 1 is 0.822 bits per heavy atom. The predicted octanol–water partition coefficient (Wildman–Crippen LogP) is 9.06. The number of nitrogens with zero attached hydrogens (tertiary/aromatic N) is 1. The minimum Gasteiger partial charge on any atom is -0.493 e. The zero-order chi connectivity index (χ0) is 32.1. The van der Waals surface area contributed by atoms with E-state index >= 15 is 0 Å². The smallest absolute Gasteiger partial charge is 0.175 e. The normalized spacial score (nSPS) is 19.4. The van der Waals surface area contributed by atoms with Gasteiger partial charge in [-0.15, -0.1) is 0 Å². The molecule has 7 heteroatoms. The highest BCUT2D eigenvalue weighted by molar-refractivity contribution is 9.10. The highest BCUT2D eigenvalue weighted by atomic mass is 79.9. The molecule has 0 saturated heterocycles. The van der Waals surface area contributed by atoms with Crippen molar-refractivity contribution in [3.05, 3.63) is 116 Å². The lowest BCUT2D eigenvalue weighted by molar-refractivity contribution is -0.119. The van der Waals surface area contributed by atoms with Crippen molar-refractivity contribution in [2.75, 3.05) is 7.11 Å². The molecule has 2 aliphatic carbocycles. The molecule has 0 aromatic heterocycles. The number of methoxy groups -OCH3 is 1. The Morgan fingerprint density at radius 3 is 1.96 bits per heavy atom. The van der Waals surface area contributed by atoms with E-state index in [1.807, 2.05) is 30.3 Å². The minimum absolute atomic E-state index is 0.0835. The summed E-state index contributed by atoms with van der Waals surface area (Å²) < 4.78 is 26.1. The second-order valence-corrected chi connectivity index (χ2v) is 14.9. The summed E-state index contributed by atoms with van der Waals surface area (Å²) >= 11 is 3.71. The van der Waals surface area contributed by atoms with Crippen molar-refractivity contribution in [1.82, 2.24) is 4.90 Å². The maximum atomic E-state index is 14.2. The Hall–Kier alpha value is -3.71. The van der Waals surface area contributed by atoms with Crippen LogP contribution in [0.3, 0.4) is 0 Å². The van der Waals surface area contributed by atoms with E-state index in [0.29, 0.717) is 46.5 Å². The molecule has 6 rings (SSSR count). The van der Waals surface area contributed by atoms with E-state index in [1.165, 1.54) is 12.1 Å². The second kappa shape index (κ2) is 11.9. The first-order chi connectivity index (χ1) is 21.4. The van der Waals surface area contributed by atoms with E-state index in [2.05, 4.69) is 60.7 Å². The van der Waals surface area contributed by atoms with E-state index in [9.17, 15) is 14.0 Å². The molecule has 3 aromatic rings. The molecular weight excluding hydrogens is 633 g/mol. The van der Waals surface area contributed by atoms with Crippen molar-refractivity contribution in [3.8, 4) is 11.5 Å². The van der Waals surface area contributed by atoms with E-state index in [-0.39, 0.29) is 34.8 Å². The Bertz CT molecular complexity index is 1670. The van der Waals surface area contributed by atoms with Crippen LogP contribution in [0.5, 0.6) is 11.5 Å². The maximum Gasteiger partial charge on any atom is 0.175 e. The third kappa shape index (κ3) is 6.24. The number of ketones is 2. The van der Waals surface area contributed by atoms with E-state index in [0.717, 1.165) is 40.9 Å². The Morgan fingerprint density at radius 2 is 1.40 bits per heavy atom. The van der Waals surface area contributed by atoms with Gasteiger partial charge < -0.3 is 14.4 Å². The average Bonchev–Trinajstić information content (AvgIpc) is 2.97. The van der Waals surface area contributed by atoms with Crippen LogP contribution in [0.1, 0.15) is 76.0 Å². The van der Waals surface area contributed by atoms with Crippen LogP contribution in [0.2, 0.25) is 0 Å². The molecule has 0 atom stereocenters. The topological polar surface area (TPSA) is 55.8 Å². The number of rotatable bonds is 7. The minimum atomic E-state index is -0.509. The molecule has 0 N–H and O–H groups in total. The summed E-state index contributed by atoms with van der Waals surface area (Å²) in [5.74, 6) is 0.346. The standard InChI is InChI=1S/C38H39BrFNO4/c1-37(2)17-28-34(30(42)19-37)33(25-15-27(39)36(32(16-25)44-5)45-22-24-11-13-26(40)14-12-24)35-29(18-38(3,4)20-31(35)43)41(28)21-23-9-7-6-8-10-23/h6-16,33H,17-22H2,1-5H3. The highest BCUT2D eigenvalue weighted by Gasteiger charge is 2.49. The molecule has 0 unspecified atom stereocenters. The van der Waals surface area contributed by atoms with Gasteiger partial charge in [-0.05, 0) is 80.6 Å². The van der Waals surface area contributed by atoms with Crippen molar-refractivity contribution in [2.45, 2.75) is 72.4 Å². The van der Waals surface area contributed by atoms with Crippen LogP contribution in [-0.4, -0.2) is 23.6 Å². The average molecular weight is 673 g/mol. The van der Waals surface area contributed by atoms with Gasteiger partial charge in [-0.1, -0.05) is 70.2 Å². The lowest BCUT2D eigenvalue weighted by Gasteiger charge is -2.49. The quantitative estimate of drug-likeness (QED) is 0.251. The van der Waals surface area contributed by atoms with Crippen molar-refractivity contribution in [3.63, 3.8) is 0 Å². The first kappa shape index (κ1) is 31.3. The fourth-order valence-electron chi connectivity index (χ4n) is 7.12. The summed E-state index contributed by atoms with van der Waals surface area (Å²) in [6.07, 6.45) is 2.31. The fraction of sp³-hybridized carbons (Fsp3) is 0.368. The first-order valence-electron chi connectivity index (χ1n) is 15.4. The number of Topliss-reactive ketones (excluding diaryl/α,β-unsaturated/α-hetero) is 2. The Labute approximate surface area is 273 Å². The fourth-order valence-corrected chi connectivity index (χ4v) is 7.69. The van der Waals surface area contributed by atoms with Gasteiger partial charge >= 0.3 is 0 Å². The molecule has 45 heavy (non-hydrogen) atoms. The third-order valence-electron chi connectivity index (χ3n) is 9.09. The number of hydrogen-bond donors (Lipinski definition) is 0. The van der Waals surface area contributed by atoms with E-state index < -0.39 is 5.92 Å². The van der Waals surface area contributed by atoms with Gasteiger partial charge in [-0.25, -0.2) is 4.39 Å². The van der Waals surface area contributed by atoms with Crippen LogP contribution < -0.4 is 9.47 Å². The van der Waals surface area contributed by atoms with Crippen LogP contribution in [0.4, 0.5) is 4.39 Å². The molecule has 0 fully saturated rings. The van der Waals surface area contributed by atoms with Gasteiger partial charge in [0.05, 0.1) is 11.6 Å². The van der Waals surface area contributed by atoms with Gasteiger partial charge in [0, 0.05) is 47.8 Å². The number of ether oxygens (including phenoxy) is 2. The molecule has 0 radical (unpaired) electrons. The number of halogens is 2. The number of allylic oxidation sites excluding steroid dienone is 4. The van der Waals surface area contributed by atoms with Gasteiger partial charge in [0.25, 0.3) is 0 Å². The molecule has 234 valence electrons. The van der Waals surface area contributed by atoms with Crippen molar-refractivity contribution in [1.29, 1.82) is 0 Å². The SMILES string of the molecule is COc1cc(C2C3=C(CC(C)(C)CC3=O)N(Cc3ccccc3)C3=C2C(=O)CC(C)(C)C3)cc(Br)c1OCc1ccc(F)cc1. The summed E-state index contributed by atoms with van der Waals surface area (Å²) in [5, 5.41) is 0. The second-order valence-electron chi connectivity index (χ2n) is 14.1. The molecule has 1 aliphatic heterocycles. The summed E-state index contributed by atoms with van der Waals surface area (Å²) in [5.41, 5.74) is 5.80. The monoisotopic (exact) mass is 671 g/mol. The van der Waals surface area contributed by atoms with E-state index in [4.69, 9.17) is 9.47 Å². The van der Waals surface area contributed by atoms with Gasteiger partial charge in [0.2, 0.25) is 0 Å². The van der Waals surface area contributed by atoms with Gasteiger partial charge in [0.1, 0.15) is 12.4 Å². The molecule has 5 nitrogen and oxygen atoms in total. The zero-order valence-corrected chi connectivity index (χ0v) is 28.1. The van der Waals surface area contributed by atoms with E-state index in [1.54, 1.807) is 19.2 Å². The summed E-state index contributed by atoms with van der Waals surface area (Å²) in [6.45, 7) is 9.42. The van der Waals surface area contributed by atoms with Crippen molar-refractivity contribution in [2.24, 2.45) is 10.8 Å². The Kier molecular flexibility index (Phi) is 8.27. The molecule has 3 aromatic carbocycles. The summed E-state index contributed by atoms with van der Waals surface area (Å²) in [6, 6.07) is 20.3. The third-order valence-corrected chi connectivity index (χ3v) is 9.68. The van der Waals surface area contributed by atoms with Crippen LogP contribution in [0.15, 0.2) is 93.7 Å². The van der Waals surface area contributed by atoms with Crippen LogP contribution in [-0.2, 0) is 22.7 Å². The number of benzene rings is 3. The molecule has 0 amide bonds. The zero-order valence-electron chi connectivity index (χ0n) is 26.5. The molecule has 0 saturated carbocycles. The van der Waals surface area contributed by atoms with Gasteiger partial charge in [0.15, 0.2) is 23.1 Å². The van der Waals surface area contributed by atoms with Crippen molar-refractivity contribution < 1.29 is 23.5 Å². The number of hydrogen-bond acceptors (Lipinski definition) is 5. The van der Waals surface area contributed by atoms with Crippen LogP contribution in [0, 0.1) is 16.6 Å². The number of carbonyl (C=O) groups is 2. The lowest BCUT2D eigenvalue weighted by Crippen LogP contribution is -2.44. The van der Waals surface area contributed by atoms with Gasteiger partial charge in [-0.3, -0.25) is 9.59 Å². The molecule has 0 spiro atoms. The largest absolute Gasteiger partial charge is 0.493 e. The van der Waals surface area contributed by atoms with Crippen molar-refractivity contribution >= 4 is 27.5 Å². The summed E-state index contributed by atoms with van der Waals surface area (Å²) in [7, 11) is 1.58. The molecule has 1 heterocycles. The first-order valence-corrected chi connectivity index (χ1v) is 16.2. The lowest BCUT2D eigenvalue weighted by atomic mass is 9.63. The molecule has 3 aliphatic rings. The highest BCUT2D eigenvalue weighted by Crippen LogP contribution is 2.55. The Balaban J connectivity index is 1.50. The molecular formula is C38H39BrFNO4. The van der Waals surface area contributed by atoms with Crippen LogP contribution >= 0.6 is 15.9 Å². The number of carbonyl (C=O) groups excluding carboxylic acids is 2. The van der Waals surface area contributed by atoms with Crippen LogP contribution in [0.25, 0.3) is 0 Å². The summed E-state index contributed by atoms with van der Waals surface area (Å²) in [4.78, 5) is 30.7. The maximum absolute atomic E-state index is 14.2. The predicted molar refractivity (Wildman–Crippen MR) is 176 cm³/mol. The van der Waals surface area contributed by atoms with Gasteiger partial charge in [-0.2, -0.15) is 0 Å².